The van der Waals surface area contributed by atoms with Crippen molar-refractivity contribution in [3.63, 3.8) is 0 Å². The molecule has 3 rings (SSSR count). The van der Waals surface area contributed by atoms with Crippen LogP contribution in [0.4, 0.5) is 0 Å². The normalized spacial score (nSPS) is 10.1. The van der Waals surface area contributed by atoms with Crippen LogP contribution in [-0.2, 0) is 0 Å². The molecule has 0 spiro atoms. The summed E-state index contributed by atoms with van der Waals surface area (Å²) in [5, 5.41) is 2.60. The van der Waals surface area contributed by atoms with Crippen molar-refractivity contribution in [1.82, 2.24) is 5.32 Å². The Balaban J connectivity index is 1.84. The second kappa shape index (κ2) is 10.4. The van der Waals surface area contributed by atoms with Gasteiger partial charge in [-0.2, -0.15) is 0 Å². The first-order chi connectivity index (χ1) is 15.1. The van der Waals surface area contributed by atoms with Crippen LogP contribution in [0.15, 0.2) is 72.8 Å². The topological polar surface area (TPSA) is 81.7 Å². The second-order valence-corrected chi connectivity index (χ2v) is 6.45. The Morgan fingerprint density at radius 2 is 1.32 bits per heavy atom. The maximum Gasteiger partial charge on any atom is 0.267 e. The number of carbonyl (C=O) groups is 3. The van der Waals surface area contributed by atoms with Crippen molar-refractivity contribution >= 4 is 18.5 Å². The molecule has 6 nitrogen and oxygen atoms in total. The van der Waals surface area contributed by atoms with Gasteiger partial charge in [-0.15, -0.1) is 6.42 Å². The average Bonchev–Trinajstić information content (AvgIpc) is 2.83. The van der Waals surface area contributed by atoms with E-state index in [2.05, 4.69) is 11.2 Å². The quantitative estimate of drug-likeness (QED) is 0.328. The molecule has 0 aromatic heterocycles. The van der Waals surface area contributed by atoms with Gasteiger partial charge in [-0.25, -0.2) is 0 Å². The predicted octanol–water partition coefficient (Wildman–Crippen LogP) is 3.83. The van der Waals surface area contributed by atoms with Crippen LogP contribution in [0, 0.1) is 12.3 Å². The van der Waals surface area contributed by atoms with Gasteiger partial charge in [0, 0.05) is 22.3 Å². The van der Waals surface area contributed by atoms with E-state index < -0.39 is 6.29 Å². The van der Waals surface area contributed by atoms with E-state index in [9.17, 15) is 14.4 Å². The second-order valence-electron chi connectivity index (χ2n) is 6.45. The van der Waals surface area contributed by atoms with Gasteiger partial charge in [-0.3, -0.25) is 14.4 Å². The smallest absolute Gasteiger partial charge is 0.267 e. The SMILES string of the molecule is C#CCNC(=O)c1ccc(C(Oc2ccc(C=O)cc2)Oc2ccc(C=O)cc2)cc1. The van der Waals surface area contributed by atoms with E-state index in [0.29, 0.717) is 33.8 Å². The Kier molecular flexibility index (Phi) is 7.17. The molecule has 0 bridgehead atoms. The minimum Gasteiger partial charge on any atom is -0.451 e. The van der Waals surface area contributed by atoms with Crippen molar-refractivity contribution in [2.45, 2.75) is 6.29 Å². The fourth-order valence-corrected chi connectivity index (χ4v) is 2.68. The van der Waals surface area contributed by atoms with Crippen molar-refractivity contribution in [2.75, 3.05) is 6.54 Å². The molecule has 0 radical (unpaired) electrons. The van der Waals surface area contributed by atoms with Crippen LogP contribution in [0.3, 0.4) is 0 Å². The molecule has 31 heavy (non-hydrogen) atoms. The molecule has 0 fully saturated rings. The highest BCUT2D eigenvalue weighted by atomic mass is 16.7. The summed E-state index contributed by atoms with van der Waals surface area (Å²) in [6.45, 7) is 0.142. The third-order valence-corrected chi connectivity index (χ3v) is 4.31. The fourth-order valence-electron chi connectivity index (χ4n) is 2.68. The van der Waals surface area contributed by atoms with E-state index in [-0.39, 0.29) is 12.5 Å². The Bertz CT molecular complexity index is 1030. The summed E-state index contributed by atoms with van der Waals surface area (Å²) in [6, 6.07) is 19.9. The van der Waals surface area contributed by atoms with Gasteiger partial charge < -0.3 is 14.8 Å². The van der Waals surface area contributed by atoms with Crippen LogP contribution >= 0.6 is 0 Å². The van der Waals surface area contributed by atoms with E-state index in [1.165, 1.54) is 0 Å². The summed E-state index contributed by atoms with van der Waals surface area (Å²) in [6.07, 6.45) is 5.82. The Morgan fingerprint density at radius 3 is 1.74 bits per heavy atom. The zero-order valence-corrected chi connectivity index (χ0v) is 16.5. The summed E-state index contributed by atoms with van der Waals surface area (Å²) < 4.78 is 12.0. The average molecular weight is 413 g/mol. The third-order valence-electron chi connectivity index (χ3n) is 4.31. The summed E-state index contributed by atoms with van der Waals surface area (Å²) in [5.74, 6) is 3.07. The summed E-state index contributed by atoms with van der Waals surface area (Å²) in [7, 11) is 0. The molecule has 0 aliphatic heterocycles. The monoisotopic (exact) mass is 413 g/mol. The lowest BCUT2D eigenvalue weighted by Crippen LogP contribution is -2.23. The van der Waals surface area contributed by atoms with Gasteiger partial charge in [0.2, 0.25) is 0 Å². The number of rotatable bonds is 9. The first kappa shape index (κ1) is 21.3. The maximum atomic E-state index is 12.1. The van der Waals surface area contributed by atoms with Crippen molar-refractivity contribution in [2.24, 2.45) is 0 Å². The molecule has 0 aliphatic rings. The molecular weight excluding hydrogens is 394 g/mol. The van der Waals surface area contributed by atoms with Gasteiger partial charge >= 0.3 is 0 Å². The molecule has 0 heterocycles. The third kappa shape index (κ3) is 5.81. The number of nitrogens with one attached hydrogen (secondary N) is 1. The van der Waals surface area contributed by atoms with Gasteiger partial charge in [-0.05, 0) is 60.7 Å². The van der Waals surface area contributed by atoms with E-state index in [1.54, 1.807) is 72.8 Å². The zero-order chi connectivity index (χ0) is 22.1. The number of aldehydes is 2. The summed E-state index contributed by atoms with van der Waals surface area (Å²) in [5.41, 5.74) is 2.16. The number of terminal acetylenes is 1. The lowest BCUT2D eigenvalue weighted by atomic mass is 10.1. The molecular formula is C25H19NO5. The molecule has 1 N–H and O–H groups in total. The van der Waals surface area contributed by atoms with Crippen LogP contribution in [0.5, 0.6) is 11.5 Å². The highest BCUT2D eigenvalue weighted by molar-refractivity contribution is 5.94. The maximum absolute atomic E-state index is 12.1. The highest BCUT2D eigenvalue weighted by Gasteiger charge is 2.17. The van der Waals surface area contributed by atoms with Crippen molar-refractivity contribution in [3.05, 3.63) is 95.1 Å². The number of benzene rings is 3. The Hall–Kier alpha value is -4.37. The molecule has 0 saturated carbocycles. The van der Waals surface area contributed by atoms with E-state index in [1.807, 2.05) is 0 Å². The first-order valence-corrected chi connectivity index (χ1v) is 9.38. The molecule has 1 amide bonds. The molecule has 0 aliphatic carbocycles. The molecule has 0 unspecified atom stereocenters. The van der Waals surface area contributed by atoms with E-state index in [4.69, 9.17) is 15.9 Å². The zero-order valence-electron chi connectivity index (χ0n) is 16.5. The number of amides is 1. The van der Waals surface area contributed by atoms with Gasteiger partial charge in [0.15, 0.2) is 0 Å². The molecule has 154 valence electrons. The van der Waals surface area contributed by atoms with Crippen LogP contribution in [-0.4, -0.2) is 25.0 Å². The molecule has 6 heteroatoms. The first-order valence-electron chi connectivity index (χ1n) is 9.38. The number of carbonyl (C=O) groups excluding carboxylic acids is 3. The highest BCUT2D eigenvalue weighted by Crippen LogP contribution is 2.26. The molecule has 0 saturated heterocycles. The van der Waals surface area contributed by atoms with Crippen LogP contribution in [0.1, 0.15) is 42.9 Å². The molecule has 3 aromatic rings. The van der Waals surface area contributed by atoms with E-state index in [0.717, 1.165) is 12.6 Å². The number of ether oxygens (including phenoxy) is 2. The van der Waals surface area contributed by atoms with Crippen LogP contribution in [0.25, 0.3) is 0 Å². The van der Waals surface area contributed by atoms with Crippen LogP contribution in [0.2, 0.25) is 0 Å². The predicted molar refractivity (Wildman–Crippen MR) is 115 cm³/mol. The molecule has 0 atom stereocenters. The van der Waals surface area contributed by atoms with Gasteiger partial charge in [-0.1, -0.05) is 18.1 Å². The fraction of sp³-hybridized carbons (Fsp3) is 0.0800. The van der Waals surface area contributed by atoms with Crippen LogP contribution < -0.4 is 14.8 Å². The minimum atomic E-state index is -0.841. The Morgan fingerprint density at radius 1 is 0.839 bits per heavy atom. The van der Waals surface area contributed by atoms with E-state index >= 15 is 0 Å². The van der Waals surface area contributed by atoms with Gasteiger partial charge in [0.1, 0.15) is 24.1 Å². The van der Waals surface area contributed by atoms with Crippen molar-refractivity contribution in [1.29, 1.82) is 0 Å². The molecule has 3 aromatic carbocycles. The van der Waals surface area contributed by atoms with Gasteiger partial charge in [0.25, 0.3) is 12.2 Å². The standard InChI is InChI=1S/C25H19NO5/c1-2-15-26-24(29)20-7-9-21(10-8-20)25(30-22-11-3-18(16-27)4-12-22)31-23-13-5-19(17-28)6-14-23/h1,3-14,16-17,25H,15H2,(H,26,29). The lowest BCUT2D eigenvalue weighted by molar-refractivity contribution is 0.00379. The number of hydrogen-bond donors (Lipinski definition) is 1. The summed E-state index contributed by atoms with van der Waals surface area (Å²) >= 11 is 0. The largest absolute Gasteiger partial charge is 0.451 e. The lowest BCUT2D eigenvalue weighted by Gasteiger charge is -2.21. The minimum absolute atomic E-state index is 0.142. The van der Waals surface area contributed by atoms with Crippen molar-refractivity contribution < 1.29 is 23.9 Å². The number of hydrogen-bond acceptors (Lipinski definition) is 5. The summed E-state index contributed by atoms with van der Waals surface area (Å²) in [4.78, 5) is 33.8. The Labute approximate surface area is 179 Å². The van der Waals surface area contributed by atoms with Crippen molar-refractivity contribution in [3.8, 4) is 23.8 Å². The van der Waals surface area contributed by atoms with Gasteiger partial charge in [0.05, 0.1) is 6.54 Å².